The Bertz CT molecular complexity index is 654. The molecule has 0 saturated heterocycles. The molecule has 0 unspecified atom stereocenters. The minimum absolute atomic E-state index is 0.0627. The van der Waals surface area contributed by atoms with Crippen molar-refractivity contribution in [3.05, 3.63) is 44.6 Å². The van der Waals surface area contributed by atoms with Crippen molar-refractivity contribution in [1.82, 2.24) is 14.9 Å². The average molecular weight is 324 g/mol. The zero-order valence-electron chi connectivity index (χ0n) is 12.6. The van der Waals surface area contributed by atoms with Crippen LogP contribution < -0.4 is 0 Å². The minimum atomic E-state index is -0.0627. The lowest BCUT2D eigenvalue weighted by molar-refractivity contribution is 0.0786. The van der Waals surface area contributed by atoms with E-state index in [1.807, 2.05) is 33.0 Å². The molecule has 0 aliphatic rings. The number of carbonyl (C=O) groups is 1. The quantitative estimate of drug-likeness (QED) is 0.802. The molecule has 21 heavy (non-hydrogen) atoms. The molecule has 0 aliphatic heterocycles. The molecule has 6 heteroatoms. The first-order valence-corrected chi connectivity index (χ1v) is 7.90. The number of amides is 1. The van der Waals surface area contributed by atoms with Gasteiger partial charge in [-0.05, 0) is 25.0 Å². The van der Waals surface area contributed by atoms with Gasteiger partial charge in [-0.2, -0.15) is 0 Å². The number of thiazole rings is 1. The molecule has 0 atom stereocenters. The van der Waals surface area contributed by atoms with Gasteiger partial charge in [-0.1, -0.05) is 25.4 Å². The number of aryl methyl sites for hydroxylation is 1. The van der Waals surface area contributed by atoms with Gasteiger partial charge in [0.05, 0.1) is 11.6 Å². The highest BCUT2D eigenvalue weighted by atomic mass is 35.5. The van der Waals surface area contributed by atoms with Crippen molar-refractivity contribution in [2.75, 3.05) is 7.05 Å². The van der Waals surface area contributed by atoms with E-state index in [1.165, 1.54) is 0 Å². The summed E-state index contributed by atoms with van der Waals surface area (Å²) < 4.78 is 0. The van der Waals surface area contributed by atoms with Gasteiger partial charge < -0.3 is 4.90 Å². The molecule has 0 bridgehead atoms. The standard InChI is InChI=1S/C15H18ClN3OS/c1-9(2)13-5-11(6-14(16)18-13)15(20)19(4)8-12-7-17-10(3)21-12/h5-7,9H,8H2,1-4H3. The van der Waals surface area contributed by atoms with Crippen molar-refractivity contribution >= 4 is 28.8 Å². The fourth-order valence-electron chi connectivity index (χ4n) is 1.94. The maximum absolute atomic E-state index is 12.5. The molecule has 0 saturated carbocycles. The molecule has 0 spiro atoms. The van der Waals surface area contributed by atoms with Crippen LogP contribution in [0.2, 0.25) is 5.15 Å². The van der Waals surface area contributed by atoms with E-state index in [-0.39, 0.29) is 11.8 Å². The van der Waals surface area contributed by atoms with E-state index in [9.17, 15) is 4.79 Å². The fourth-order valence-corrected chi connectivity index (χ4v) is 3.00. The molecule has 0 N–H and O–H groups in total. The van der Waals surface area contributed by atoms with Crippen LogP contribution in [0.15, 0.2) is 18.3 Å². The van der Waals surface area contributed by atoms with Gasteiger partial charge in [0, 0.05) is 29.4 Å². The number of hydrogen-bond donors (Lipinski definition) is 0. The minimum Gasteiger partial charge on any atom is -0.337 e. The molecular formula is C15H18ClN3OS. The number of halogens is 1. The zero-order chi connectivity index (χ0) is 15.6. The Morgan fingerprint density at radius 1 is 1.43 bits per heavy atom. The van der Waals surface area contributed by atoms with Crippen molar-refractivity contribution in [3.8, 4) is 0 Å². The van der Waals surface area contributed by atoms with E-state index in [1.54, 1.807) is 29.4 Å². The van der Waals surface area contributed by atoms with E-state index in [2.05, 4.69) is 9.97 Å². The summed E-state index contributed by atoms with van der Waals surface area (Å²) in [6, 6.07) is 3.43. The second kappa shape index (κ2) is 6.54. The van der Waals surface area contributed by atoms with Crippen LogP contribution in [0.5, 0.6) is 0 Å². The van der Waals surface area contributed by atoms with Crippen molar-refractivity contribution in [3.63, 3.8) is 0 Å². The Balaban J connectivity index is 2.19. The Labute approximate surface area is 133 Å². The molecule has 2 aromatic heterocycles. The summed E-state index contributed by atoms with van der Waals surface area (Å²) in [4.78, 5) is 23.7. The van der Waals surface area contributed by atoms with Crippen LogP contribution >= 0.6 is 22.9 Å². The van der Waals surface area contributed by atoms with Crippen molar-refractivity contribution in [2.24, 2.45) is 0 Å². The van der Waals surface area contributed by atoms with Gasteiger partial charge in [0.15, 0.2) is 0 Å². The lowest BCUT2D eigenvalue weighted by atomic mass is 10.1. The van der Waals surface area contributed by atoms with Gasteiger partial charge >= 0.3 is 0 Å². The first kappa shape index (κ1) is 15.9. The lowest BCUT2D eigenvalue weighted by Gasteiger charge is -2.17. The number of aromatic nitrogens is 2. The van der Waals surface area contributed by atoms with E-state index in [0.717, 1.165) is 15.6 Å². The van der Waals surface area contributed by atoms with E-state index in [4.69, 9.17) is 11.6 Å². The molecule has 4 nitrogen and oxygen atoms in total. The third-order valence-electron chi connectivity index (χ3n) is 3.06. The second-order valence-corrected chi connectivity index (χ2v) is 6.97. The Kier molecular flexibility index (Phi) is 4.96. The lowest BCUT2D eigenvalue weighted by Crippen LogP contribution is -2.26. The number of pyridine rings is 1. The van der Waals surface area contributed by atoms with Crippen LogP contribution in [0.25, 0.3) is 0 Å². The first-order valence-electron chi connectivity index (χ1n) is 6.71. The van der Waals surface area contributed by atoms with Crippen LogP contribution in [-0.2, 0) is 6.54 Å². The van der Waals surface area contributed by atoms with Crippen LogP contribution in [-0.4, -0.2) is 27.8 Å². The van der Waals surface area contributed by atoms with Gasteiger partial charge in [-0.25, -0.2) is 9.97 Å². The number of hydrogen-bond acceptors (Lipinski definition) is 4. The maximum atomic E-state index is 12.5. The van der Waals surface area contributed by atoms with E-state index >= 15 is 0 Å². The topological polar surface area (TPSA) is 46.1 Å². The monoisotopic (exact) mass is 323 g/mol. The normalized spacial score (nSPS) is 11.0. The number of rotatable bonds is 4. The van der Waals surface area contributed by atoms with Crippen molar-refractivity contribution in [1.29, 1.82) is 0 Å². The van der Waals surface area contributed by atoms with E-state index in [0.29, 0.717) is 17.3 Å². The highest BCUT2D eigenvalue weighted by Gasteiger charge is 2.16. The molecule has 2 rings (SSSR count). The predicted octanol–water partition coefficient (Wildman–Crippen LogP) is 3.90. The smallest absolute Gasteiger partial charge is 0.254 e. The highest BCUT2D eigenvalue weighted by molar-refractivity contribution is 7.11. The van der Waals surface area contributed by atoms with Crippen molar-refractivity contribution < 1.29 is 4.79 Å². The molecule has 1 amide bonds. The summed E-state index contributed by atoms with van der Waals surface area (Å²) in [5.74, 6) is 0.164. The third-order valence-corrected chi connectivity index (χ3v) is 4.15. The van der Waals surface area contributed by atoms with Gasteiger partial charge in [0.1, 0.15) is 5.15 Å². The predicted molar refractivity (Wildman–Crippen MR) is 86.0 cm³/mol. The largest absolute Gasteiger partial charge is 0.337 e. The molecule has 0 aromatic carbocycles. The highest BCUT2D eigenvalue weighted by Crippen LogP contribution is 2.20. The van der Waals surface area contributed by atoms with Crippen LogP contribution in [0.4, 0.5) is 0 Å². The molecule has 0 aliphatic carbocycles. The Morgan fingerprint density at radius 2 is 2.14 bits per heavy atom. The summed E-state index contributed by atoms with van der Waals surface area (Å²) in [5, 5.41) is 1.35. The summed E-state index contributed by atoms with van der Waals surface area (Å²) in [5.41, 5.74) is 1.40. The zero-order valence-corrected chi connectivity index (χ0v) is 14.1. The number of nitrogens with zero attached hydrogens (tertiary/aromatic N) is 3. The fraction of sp³-hybridized carbons (Fsp3) is 0.400. The van der Waals surface area contributed by atoms with Crippen LogP contribution in [0.1, 0.15) is 45.7 Å². The Hall–Kier alpha value is -1.46. The SMILES string of the molecule is Cc1ncc(CN(C)C(=O)c2cc(Cl)nc(C(C)C)c2)s1. The number of carbonyl (C=O) groups excluding carboxylic acids is 1. The molecule has 2 aromatic rings. The van der Waals surface area contributed by atoms with Crippen LogP contribution in [0, 0.1) is 6.92 Å². The van der Waals surface area contributed by atoms with Crippen LogP contribution in [0.3, 0.4) is 0 Å². The molecule has 2 heterocycles. The maximum Gasteiger partial charge on any atom is 0.254 e. The molecule has 0 radical (unpaired) electrons. The van der Waals surface area contributed by atoms with Gasteiger partial charge in [-0.3, -0.25) is 4.79 Å². The summed E-state index contributed by atoms with van der Waals surface area (Å²) >= 11 is 7.61. The van der Waals surface area contributed by atoms with E-state index < -0.39 is 0 Å². The molecule has 0 fully saturated rings. The summed E-state index contributed by atoms with van der Waals surface area (Å²) in [6.07, 6.45) is 1.81. The van der Waals surface area contributed by atoms with Gasteiger partial charge in [-0.15, -0.1) is 11.3 Å². The third kappa shape index (κ3) is 4.02. The molecule has 112 valence electrons. The van der Waals surface area contributed by atoms with Gasteiger partial charge in [0.25, 0.3) is 5.91 Å². The molecular weight excluding hydrogens is 306 g/mol. The summed E-state index contributed by atoms with van der Waals surface area (Å²) in [7, 11) is 1.78. The van der Waals surface area contributed by atoms with Crippen molar-refractivity contribution in [2.45, 2.75) is 33.2 Å². The first-order chi connectivity index (χ1) is 9.86. The Morgan fingerprint density at radius 3 is 2.71 bits per heavy atom. The second-order valence-electron chi connectivity index (χ2n) is 5.26. The van der Waals surface area contributed by atoms with Gasteiger partial charge in [0.2, 0.25) is 0 Å². The summed E-state index contributed by atoms with van der Waals surface area (Å²) in [6.45, 7) is 6.54. The average Bonchev–Trinajstić information content (AvgIpc) is 2.82.